The number of amides is 1. The van der Waals surface area contributed by atoms with E-state index in [1.807, 2.05) is 36.4 Å². The molecule has 1 saturated heterocycles. The topological polar surface area (TPSA) is 114 Å². The van der Waals surface area contributed by atoms with Gasteiger partial charge in [0.05, 0.1) is 25.4 Å². The number of ether oxygens (including phenoxy) is 3. The van der Waals surface area contributed by atoms with E-state index in [2.05, 4.69) is 12.2 Å². The molecule has 35 heavy (non-hydrogen) atoms. The Hall–Kier alpha value is -2.43. The molecule has 1 aliphatic heterocycles. The van der Waals surface area contributed by atoms with Crippen LogP contribution in [0.3, 0.4) is 0 Å². The maximum Gasteiger partial charge on any atom is 0.303 e. The van der Waals surface area contributed by atoms with Crippen LogP contribution < -0.4 is 5.32 Å². The molecule has 3 rings (SSSR count). The molecule has 1 amide bonds. The Morgan fingerprint density at radius 1 is 1.06 bits per heavy atom. The third-order valence-corrected chi connectivity index (χ3v) is 6.84. The number of hydrogen-bond acceptors (Lipinski definition) is 8. The van der Waals surface area contributed by atoms with Crippen LogP contribution in [0.4, 0.5) is 5.69 Å². The number of anilines is 1. The van der Waals surface area contributed by atoms with Crippen molar-refractivity contribution >= 4 is 29.3 Å². The molecule has 8 nitrogen and oxygen atoms in total. The van der Waals surface area contributed by atoms with Crippen molar-refractivity contribution in [3.05, 3.63) is 65.2 Å². The van der Waals surface area contributed by atoms with Crippen molar-refractivity contribution in [2.24, 2.45) is 5.92 Å². The summed E-state index contributed by atoms with van der Waals surface area (Å²) in [5, 5.41) is 21.3. The molecular weight excluding hydrogens is 470 g/mol. The SMILES string of the molecule is CC(=O)O[C@@H](C)C(=O)Nc1ccc([C@H]2O[C@@H](CSCCO)[C@@H](C)[C@@H](c3ccc(CO)cc3)O2)cc1. The Balaban J connectivity index is 1.75. The molecule has 0 bridgehead atoms. The lowest BCUT2D eigenvalue weighted by Gasteiger charge is -2.41. The van der Waals surface area contributed by atoms with Crippen LogP contribution in [0.1, 0.15) is 49.9 Å². The van der Waals surface area contributed by atoms with E-state index in [0.717, 1.165) is 22.4 Å². The fourth-order valence-electron chi connectivity index (χ4n) is 3.84. The van der Waals surface area contributed by atoms with Crippen molar-refractivity contribution in [2.75, 3.05) is 23.4 Å². The summed E-state index contributed by atoms with van der Waals surface area (Å²) in [5.74, 6) is 0.484. The zero-order valence-corrected chi connectivity index (χ0v) is 21.0. The summed E-state index contributed by atoms with van der Waals surface area (Å²) in [6, 6.07) is 14.9. The van der Waals surface area contributed by atoms with Crippen molar-refractivity contribution in [3.8, 4) is 0 Å². The number of carbonyl (C=O) groups excluding carboxylic acids is 2. The quantitative estimate of drug-likeness (QED) is 0.333. The molecule has 190 valence electrons. The predicted molar refractivity (Wildman–Crippen MR) is 134 cm³/mol. The highest BCUT2D eigenvalue weighted by atomic mass is 32.2. The Morgan fingerprint density at radius 2 is 1.71 bits per heavy atom. The van der Waals surface area contributed by atoms with Crippen LogP contribution in [0.5, 0.6) is 0 Å². The predicted octanol–water partition coefficient (Wildman–Crippen LogP) is 3.59. The molecule has 1 heterocycles. The average molecular weight is 504 g/mol. The largest absolute Gasteiger partial charge is 0.453 e. The van der Waals surface area contributed by atoms with E-state index in [1.165, 1.54) is 13.8 Å². The molecule has 0 aromatic heterocycles. The Labute approximate surface area is 210 Å². The van der Waals surface area contributed by atoms with Gasteiger partial charge in [-0.1, -0.05) is 43.3 Å². The van der Waals surface area contributed by atoms with Gasteiger partial charge in [-0.05, 0) is 30.2 Å². The molecule has 5 atom stereocenters. The van der Waals surface area contributed by atoms with Gasteiger partial charge in [-0.3, -0.25) is 9.59 Å². The van der Waals surface area contributed by atoms with Crippen LogP contribution in [0.25, 0.3) is 0 Å². The minimum atomic E-state index is -0.895. The van der Waals surface area contributed by atoms with Gasteiger partial charge in [0.2, 0.25) is 0 Å². The second-order valence-electron chi connectivity index (χ2n) is 8.48. The van der Waals surface area contributed by atoms with Crippen LogP contribution in [-0.2, 0) is 30.4 Å². The third-order valence-electron chi connectivity index (χ3n) is 5.80. The van der Waals surface area contributed by atoms with Gasteiger partial charge in [0.1, 0.15) is 0 Å². The molecule has 9 heteroatoms. The Kier molecular flexibility index (Phi) is 10.1. The molecule has 0 spiro atoms. The summed E-state index contributed by atoms with van der Waals surface area (Å²) in [6.07, 6.45) is -1.83. The Bertz CT molecular complexity index is 967. The molecule has 0 unspecified atom stereocenters. The summed E-state index contributed by atoms with van der Waals surface area (Å²) < 4.78 is 17.6. The van der Waals surface area contributed by atoms with Crippen molar-refractivity contribution in [1.29, 1.82) is 0 Å². The fraction of sp³-hybridized carbons (Fsp3) is 0.462. The lowest BCUT2D eigenvalue weighted by molar-refractivity contribution is -0.268. The molecular formula is C26H33NO7S. The number of rotatable bonds is 10. The lowest BCUT2D eigenvalue weighted by atomic mass is 9.91. The first-order chi connectivity index (χ1) is 16.8. The summed E-state index contributed by atoms with van der Waals surface area (Å²) in [6.45, 7) is 4.95. The van der Waals surface area contributed by atoms with Gasteiger partial charge < -0.3 is 29.7 Å². The van der Waals surface area contributed by atoms with Gasteiger partial charge in [-0.25, -0.2) is 0 Å². The number of carbonyl (C=O) groups is 2. The number of benzene rings is 2. The van der Waals surface area contributed by atoms with E-state index < -0.39 is 24.3 Å². The highest BCUT2D eigenvalue weighted by Crippen LogP contribution is 2.42. The minimum Gasteiger partial charge on any atom is -0.453 e. The van der Waals surface area contributed by atoms with Crippen LogP contribution in [0.15, 0.2) is 48.5 Å². The summed E-state index contributed by atoms with van der Waals surface area (Å²) in [7, 11) is 0. The molecule has 0 radical (unpaired) electrons. The highest BCUT2D eigenvalue weighted by Gasteiger charge is 2.38. The smallest absolute Gasteiger partial charge is 0.303 e. The number of nitrogens with one attached hydrogen (secondary N) is 1. The fourth-order valence-corrected chi connectivity index (χ4v) is 4.75. The zero-order chi connectivity index (χ0) is 25.4. The van der Waals surface area contributed by atoms with Gasteiger partial charge in [0.15, 0.2) is 12.4 Å². The van der Waals surface area contributed by atoms with E-state index in [0.29, 0.717) is 11.4 Å². The van der Waals surface area contributed by atoms with Gasteiger partial charge in [0, 0.05) is 35.6 Å². The normalized spacial score (nSPS) is 22.9. The number of hydrogen-bond donors (Lipinski definition) is 3. The van der Waals surface area contributed by atoms with Crippen molar-refractivity contribution < 1.29 is 34.0 Å². The van der Waals surface area contributed by atoms with Gasteiger partial charge in [0.25, 0.3) is 5.91 Å². The van der Waals surface area contributed by atoms with Crippen LogP contribution >= 0.6 is 11.8 Å². The first-order valence-electron chi connectivity index (χ1n) is 11.6. The first kappa shape index (κ1) is 27.2. The van der Waals surface area contributed by atoms with Crippen molar-refractivity contribution in [1.82, 2.24) is 0 Å². The third kappa shape index (κ3) is 7.52. The molecule has 1 fully saturated rings. The number of aliphatic hydroxyl groups excluding tert-OH is 2. The van der Waals surface area contributed by atoms with Crippen molar-refractivity contribution in [3.63, 3.8) is 0 Å². The van der Waals surface area contributed by atoms with E-state index in [-0.39, 0.29) is 31.3 Å². The molecule has 1 aliphatic rings. The van der Waals surface area contributed by atoms with Crippen LogP contribution in [0.2, 0.25) is 0 Å². The number of esters is 1. The van der Waals surface area contributed by atoms with E-state index in [4.69, 9.17) is 14.2 Å². The zero-order valence-electron chi connectivity index (χ0n) is 20.2. The maximum absolute atomic E-state index is 12.2. The molecule has 3 N–H and O–H groups in total. The van der Waals surface area contributed by atoms with Crippen LogP contribution in [-0.4, -0.2) is 52.4 Å². The summed E-state index contributed by atoms with van der Waals surface area (Å²) in [4.78, 5) is 23.3. The van der Waals surface area contributed by atoms with Gasteiger partial charge in [-0.2, -0.15) is 11.8 Å². The minimum absolute atomic E-state index is 0.0178. The lowest BCUT2D eigenvalue weighted by Crippen LogP contribution is -2.38. The first-order valence-corrected chi connectivity index (χ1v) is 12.7. The van der Waals surface area contributed by atoms with E-state index in [1.54, 1.807) is 23.9 Å². The van der Waals surface area contributed by atoms with E-state index >= 15 is 0 Å². The second kappa shape index (κ2) is 13.0. The molecule has 2 aromatic rings. The summed E-state index contributed by atoms with van der Waals surface area (Å²) in [5.41, 5.74) is 3.20. The van der Waals surface area contributed by atoms with Crippen molar-refractivity contribution in [2.45, 2.75) is 52.0 Å². The van der Waals surface area contributed by atoms with Gasteiger partial charge in [-0.15, -0.1) is 0 Å². The Morgan fingerprint density at radius 3 is 2.31 bits per heavy atom. The summed E-state index contributed by atoms with van der Waals surface area (Å²) >= 11 is 1.63. The maximum atomic E-state index is 12.2. The van der Waals surface area contributed by atoms with Crippen LogP contribution in [0, 0.1) is 5.92 Å². The molecule has 2 aromatic carbocycles. The second-order valence-corrected chi connectivity index (χ2v) is 9.63. The number of aliphatic hydroxyl groups is 2. The molecule has 0 saturated carbocycles. The average Bonchev–Trinajstić information content (AvgIpc) is 2.85. The monoisotopic (exact) mass is 503 g/mol. The molecule has 0 aliphatic carbocycles. The van der Waals surface area contributed by atoms with E-state index in [9.17, 15) is 19.8 Å². The number of thioether (sulfide) groups is 1. The standard InChI is InChI=1S/C26H33NO7S/c1-16-23(15-35-13-12-28)33-26(34-24(16)20-6-4-19(14-29)5-7-20)21-8-10-22(11-9-21)27-25(31)17(2)32-18(3)30/h4-11,16-17,23-24,26,28-29H,12-15H2,1-3H3,(H,27,31)/t16-,17+,23+,24+,26+/m1/s1. The highest BCUT2D eigenvalue weighted by molar-refractivity contribution is 7.99. The van der Waals surface area contributed by atoms with Gasteiger partial charge >= 0.3 is 5.97 Å².